The Hall–Kier alpha value is -1.06. The molecule has 2 N–H and O–H groups in total. The summed E-state index contributed by atoms with van der Waals surface area (Å²) in [4.78, 5) is 22.8. The zero-order valence-corrected chi connectivity index (χ0v) is 10.4. The van der Waals surface area contributed by atoms with Crippen molar-refractivity contribution in [3.63, 3.8) is 0 Å². The molecule has 1 amide bonds. The van der Waals surface area contributed by atoms with Crippen LogP contribution in [0.25, 0.3) is 0 Å². The molecule has 1 saturated carbocycles. The van der Waals surface area contributed by atoms with E-state index in [1.807, 2.05) is 20.8 Å². The van der Waals surface area contributed by atoms with Crippen LogP contribution in [0, 0.1) is 17.3 Å². The number of carbonyl (C=O) groups excluding carboxylic acids is 1. The van der Waals surface area contributed by atoms with Crippen LogP contribution in [0.2, 0.25) is 0 Å². The third kappa shape index (κ3) is 2.36. The Balaban J connectivity index is 2.54. The maximum absolute atomic E-state index is 11.8. The van der Waals surface area contributed by atoms with Crippen molar-refractivity contribution in [2.24, 2.45) is 17.3 Å². The molecule has 1 fully saturated rings. The molecule has 0 aromatic carbocycles. The minimum atomic E-state index is -0.867. The van der Waals surface area contributed by atoms with Crippen molar-refractivity contribution in [3.8, 4) is 0 Å². The van der Waals surface area contributed by atoms with Crippen molar-refractivity contribution >= 4 is 11.9 Å². The van der Waals surface area contributed by atoms with Gasteiger partial charge in [0.15, 0.2) is 0 Å². The fourth-order valence-corrected chi connectivity index (χ4v) is 2.43. The van der Waals surface area contributed by atoms with Gasteiger partial charge in [0, 0.05) is 6.04 Å². The van der Waals surface area contributed by atoms with Gasteiger partial charge in [0.1, 0.15) is 0 Å². The lowest BCUT2D eigenvalue weighted by molar-refractivity contribution is -0.140. The van der Waals surface area contributed by atoms with Crippen LogP contribution in [0.5, 0.6) is 0 Å². The van der Waals surface area contributed by atoms with Crippen LogP contribution in [0.15, 0.2) is 0 Å². The first-order valence-electron chi connectivity index (χ1n) is 5.85. The number of carboxylic acid groups (broad SMARTS) is 1. The van der Waals surface area contributed by atoms with E-state index in [0.717, 1.165) is 12.8 Å². The van der Waals surface area contributed by atoms with Crippen LogP contribution >= 0.6 is 0 Å². The summed E-state index contributed by atoms with van der Waals surface area (Å²) < 4.78 is 0. The second-order valence-electron chi connectivity index (χ2n) is 5.31. The minimum Gasteiger partial charge on any atom is -0.481 e. The summed E-state index contributed by atoms with van der Waals surface area (Å²) in [7, 11) is 0. The van der Waals surface area contributed by atoms with Gasteiger partial charge < -0.3 is 10.4 Å². The molecule has 1 unspecified atom stereocenters. The molecule has 0 bridgehead atoms. The summed E-state index contributed by atoms with van der Waals surface area (Å²) in [6.07, 6.45) is 1.94. The SMILES string of the molecule is CCCC(C)NC(=O)[C@H]1[C@@H](C(=O)O)C1(C)C. The monoisotopic (exact) mass is 227 g/mol. The summed E-state index contributed by atoms with van der Waals surface area (Å²) >= 11 is 0. The number of rotatable bonds is 5. The minimum absolute atomic E-state index is 0.113. The molecule has 0 spiro atoms. The van der Waals surface area contributed by atoms with E-state index in [0.29, 0.717) is 0 Å². The molecule has 92 valence electrons. The molecule has 0 aromatic rings. The molecule has 1 aliphatic carbocycles. The zero-order valence-electron chi connectivity index (χ0n) is 10.4. The molecule has 0 heterocycles. The number of carbonyl (C=O) groups is 2. The van der Waals surface area contributed by atoms with Gasteiger partial charge in [-0.25, -0.2) is 0 Å². The smallest absolute Gasteiger partial charge is 0.307 e. The van der Waals surface area contributed by atoms with E-state index in [1.165, 1.54) is 0 Å². The van der Waals surface area contributed by atoms with E-state index in [9.17, 15) is 9.59 Å². The zero-order chi connectivity index (χ0) is 12.5. The topological polar surface area (TPSA) is 66.4 Å². The first kappa shape index (κ1) is 13.0. The van der Waals surface area contributed by atoms with Crippen LogP contribution in [0.4, 0.5) is 0 Å². The lowest BCUT2D eigenvalue weighted by Crippen LogP contribution is -2.34. The summed E-state index contributed by atoms with van der Waals surface area (Å²) in [6.45, 7) is 7.68. The standard InChI is InChI=1S/C12H21NO3/c1-5-6-7(2)13-10(14)8-9(11(15)16)12(8,3)4/h7-9H,5-6H2,1-4H3,(H,13,14)(H,15,16)/t7?,8-,9+/m1/s1. The van der Waals surface area contributed by atoms with E-state index >= 15 is 0 Å². The molecule has 0 saturated heterocycles. The number of carboxylic acids is 1. The first-order chi connectivity index (χ1) is 7.32. The molecular formula is C12H21NO3. The summed E-state index contributed by atoms with van der Waals surface area (Å²) in [6, 6.07) is 0.128. The average molecular weight is 227 g/mol. The number of amides is 1. The highest BCUT2D eigenvalue weighted by molar-refractivity contribution is 5.91. The molecular weight excluding hydrogens is 206 g/mol. The largest absolute Gasteiger partial charge is 0.481 e. The van der Waals surface area contributed by atoms with Crippen molar-refractivity contribution in [1.29, 1.82) is 0 Å². The number of hydrogen-bond acceptors (Lipinski definition) is 2. The van der Waals surface area contributed by atoms with Gasteiger partial charge in [-0.3, -0.25) is 9.59 Å². The molecule has 4 nitrogen and oxygen atoms in total. The van der Waals surface area contributed by atoms with E-state index in [2.05, 4.69) is 12.2 Å². The Morgan fingerprint density at radius 3 is 2.31 bits per heavy atom. The second kappa shape index (κ2) is 4.44. The number of nitrogens with one attached hydrogen (secondary N) is 1. The Morgan fingerprint density at radius 2 is 1.94 bits per heavy atom. The normalized spacial score (nSPS) is 28.2. The van der Waals surface area contributed by atoms with Crippen LogP contribution < -0.4 is 5.32 Å². The van der Waals surface area contributed by atoms with E-state index in [4.69, 9.17) is 5.11 Å². The highest BCUT2D eigenvalue weighted by Gasteiger charge is 2.65. The quantitative estimate of drug-likeness (QED) is 0.750. The highest BCUT2D eigenvalue weighted by Crippen LogP contribution is 2.58. The summed E-state index contributed by atoms with van der Waals surface area (Å²) in [5.74, 6) is -1.88. The maximum Gasteiger partial charge on any atom is 0.307 e. The molecule has 0 aliphatic heterocycles. The molecule has 16 heavy (non-hydrogen) atoms. The van der Waals surface area contributed by atoms with Gasteiger partial charge in [0.2, 0.25) is 5.91 Å². The fourth-order valence-electron chi connectivity index (χ4n) is 2.43. The molecule has 1 rings (SSSR count). The molecule has 1 aliphatic rings. The van der Waals surface area contributed by atoms with Gasteiger partial charge in [-0.05, 0) is 18.8 Å². The number of aliphatic carboxylic acids is 1. The highest BCUT2D eigenvalue weighted by atomic mass is 16.4. The van der Waals surface area contributed by atoms with Crippen molar-refractivity contribution in [1.82, 2.24) is 5.32 Å². The van der Waals surface area contributed by atoms with Gasteiger partial charge in [-0.15, -0.1) is 0 Å². The van der Waals surface area contributed by atoms with Gasteiger partial charge >= 0.3 is 5.97 Å². The second-order valence-corrected chi connectivity index (χ2v) is 5.31. The van der Waals surface area contributed by atoms with E-state index < -0.39 is 17.3 Å². The van der Waals surface area contributed by atoms with Crippen LogP contribution in [-0.4, -0.2) is 23.0 Å². The van der Waals surface area contributed by atoms with Crippen molar-refractivity contribution in [2.75, 3.05) is 0 Å². The first-order valence-corrected chi connectivity index (χ1v) is 5.85. The molecule has 3 atom stereocenters. The predicted octanol–water partition coefficient (Wildman–Crippen LogP) is 1.65. The van der Waals surface area contributed by atoms with Crippen molar-refractivity contribution < 1.29 is 14.7 Å². The van der Waals surface area contributed by atoms with Gasteiger partial charge in [0.05, 0.1) is 11.8 Å². The molecule has 0 radical (unpaired) electrons. The maximum atomic E-state index is 11.8. The predicted molar refractivity (Wildman–Crippen MR) is 60.9 cm³/mol. The van der Waals surface area contributed by atoms with Crippen LogP contribution in [0.1, 0.15) is 40.5 Å². The molecule has 0 aromatic heterocycles. The van der Waals surface area contributed by atoms with Crippen LogP contribution in [-0.2, 0) is 9.59 Å². The Labute approximate surface area is 96.4 Å². The third-order valence-corrected chi connectivity index (χ3v) is 3.49. The van der Waals surface area contributed by atoms with E-state index in [-0.39, 0.29) is 17.9 Å². The average Bonchev–Trinajstić information content (AvgIpc) is 2.69. The Bertz CT molecular complexity index is 299. The Kier molecular flexibility index (Phi) is 3.61. The van der Waals surface area contributed by atoms with Crippen LogP contribution in [0.3, 0.4) is 0 Å². The summed E-state index contributed by atoms with van der Waals surface area (Å²) in [5.41, 5.74) is -0.401. The van der Waals surface area contributed by atoms with Crippen molar-refractivity contribution in [2.45, 2.75) is 46.6 Å². The summed E-state index contributed by atoms with van der Waals surface area (Å²) in [5, 5.41) is 11.8. The van der Waals surface area contributed by atoms with Gasteiger partial charge in [-0.2, -0.15) is 0 Å². The molecule has 4 heteroatoms. The fraction of sp³-hybridized carbons (Fsp3) is 0.833. The van der Waals surface area contributed by atoms with Crippen molar-refractivity contribution in [3.05, 3.63) is 0 Å². The van der Waals surface area contributed by atoms with E-state index in [1.54, 1.807) is 0 Å². The van der Waals surface area contributed by atoms with Gasteiger partial charge in [-0.1, -0.05) is 27.2 Å². The lowest BCUT2D eigenvalue weighted by atomic mass is 10.1. The lowest BCUT2D eigenvalue weighted by Gasteiger charge is -2.13. The third-order valence-electron chi connectivity index (χ3n) is 3.49. The number of hydrogen-bond donors (Lipinski definition) is 2. The van der Waals surface area contributed by atoms with Gasteiger partial charge in [0.25, 0.3) is 0 Å². The Morgan fingerprint density at radius 1 is 1.38 bits per heavy atom.